The number of hydrogen-bond acceptors (Lipinski definition) is 6. The van der Waals surface area contributed by atoms with Crippen LogP contribution < -0.4 is 0 Å². The van der Waals surface area contributed by atoms with Crippen LogP contribution in [0.2, 0.25) is 5.02 Å². The van der Waals surface area contributed by atoms with Crippen LogP contribution in [-0.4, -0.2) is 84.7 Å². The molecule has 0 bridgehead atoms. The molecule has 3 saturated heterocycles. The molecular weight excluding hydrogens is 466 g/mol. The van der Waals surface area contributed by atoms with Crippen molar-refractivity contribution in [3.05, 3.63) is 28.8 Å². The second-order valence-electron chi connectivity index (χ2n) is 9.70. The van der Waals surface area contributed by atoms with Crippen molar-refractivity contribution in [3.63, 3.8) is 0 Å². The summed E-state index contributed by atoms with van der Waals surface area (Å²) in [4.78, 5) is 17.3. The van der Waals surface area contributed by atoms with Crippen molar-refractivity contribution in [1.29, 1.82) is 0 Å². The molecule has 5 rings (SSSR count). The Morgan fingerprint density at radius 1 is 1.09 bits per heavy atom. The number of carbonyl (C=O) groups is 1. The first-order valence-electron chi connectivity index (χ1n) is 12.0. The third-order valence-corrected chi connectivity index (χ3v) is 9.91. The minimum Gasteiger partial charge on any atom is -0.448 e. The van der Waals surface area contributed by atoms with E-state index in [4.69, 9.17) is 16.3 Å². The maximum Gasteiger partial charge on any atom is 0.409 e. The fourth-order valence-corrected chi connectivity index (χ4v) is 8.18. The van der Waals surface area contributed by atoms with Gasteiger partial charge in [0, 0.05) is 37.2 Å². The molecule has 1 amide bonds. The predicted octanol–water partition coefficient (Wildman–Crippen LogP) is 3.00. The second kappa shape index (κ2) is 9.34. The monoisotopic (exact) mass is 497 g/mol. The summed E-state index contributed by atoms with van der Waals surface area (Å²) in [5.41, 5.74) is 0.754. The Balaban J connectivity index is 1.22. The molecule has 1 N–H and O–H groups in total. The van der Waals surface area contributed by atoms with Gasteiger partial charge in [0.15, 0.2) is 0 Å². The lowest BCUT2D eigenvalue weighted by molar-refractivity contribution is 0.0224. The van der Waals surface area contributed by atoms with Crippen molar-refractivity contribution in [2.45, 2.75) is 74.1 Å². The molecule has 0 aliphatic carbocycles. The third-order valence-electron chi connectivity index (χ3n) is 7.64. The van der Waals surface area contributed by atoms with E-state index >= 15 is 0 Å². The highest BCUT2D eigenvalue weighted by Gasteiger charge is 2.48. The molecule has 0 spiro atoms. The maximum absolute atomic E-state index is 13.2. The third kappa shape index (κ3) is 4.50. The molecule has 4 aliphatic heterocycles. The molecule has 1 unspecified atom stereocenters. The fourth-order valence-electron chi connectivity index (χ4n) is 5.93. The summed E-state index contributed by atoms with van der Waals surface area (Å²) < 4.78 is 33.7. The fraction of sp³-hybridized carbons (Fsp3) is 0.696. The Labute approximate surface area is 200 Å². The van der Waals surface area contributed by atoms with Crippen molar-refractivity contribution in [2.24, 2.45) is 0 Å². The topological polar surface area (TPSA) is 90.4 Å². The van der Waals surface area contributed by atoms with Gasteiger partial charge in [0.2, 0.25) is 10.0 Å². The number of hydrogen-bond donors (Lipinski definition) is 1. The standard InChI is InChI=1S/C23H32ClN3O5S/c24-16-6-7-22-20(13-16)21-5-1-3-18(27(21)33(22,30)31)15-32-23(29)26-10-2-4-17(14-26)25-11-8-19(28)9-12-25/h6-7,13,17-19,21,28H,1-5,8-12,14-15H2/t17?,18-,21+/m1/s1. The van der Waals surface area contributed by atoms with Crippen LogP contribution in [0.3, 0.4) is 0 Å². The van der Waals surface area contributed by atoms with E-state index in [9.17, 15) is 18.3 Å². The van der Waals surface area contributed by atoms with E-state index in [1.54, 1.807) is 27.4 Å². The molecule has 33 heavy (non-hydrogen) atoms. The number of halogens is 1. The number of aliphatic hydroxyl groups excluding tert-OH is 1. The molecule has 1 aromatic rings. The van der Waals surface area contributed by atoms with Crippen molar-refractivity contribution in [3.8, 4) is 0 Å². The summed E-state index contributed by atoms with van der Waals surface area (Å²) in [5.74, 6) is 0. The number of carbonyl (C=O) groups excluding carboxylic acids is 1. The van der Waals surface area contributed by atoms with Crippen LogP contribution in [0.4, 0.5) is 4.79 Å². The van der Waals surface area contributed by atoms with Gasteiger partial charge >= 0.3 is 6.09 Å². The number of likely N-dealkylation sites (tertiary alicyclic amines) is 2. The van der Waals surface area contributed by atoms with Gasteiger partial charge in [-0.15, -0.1) is 0 Å². The van der Waals surface area contributed by atoms with Crippen LogP contribution in [0.1, 0.15) is 56.6 Å². The lowest BCUT2D eigenvalue weighted by Crippen LogP contribution is -2.53. The smallest absolute Gasteiger partial charge is 0.409 e. The first kappa shape index (κ1) is 23.4. The van der Waals surface area contributed by atoms with Crippen LogP contribution in [0.5, 0.6) is 0 Å². The van der Waals surface area contributed by atoms with Gasteiger partial charge in [0.05, 0.1) is 23.1 Å². The lowest BCUT2D eigenvalue weighted by Gasteiger charge is -2.41. The first-order chi connectivity index (χ1) is 15.8. The quantitative estimate of drug-likeness (QED) is 0.690. The SMILES string of the molecule is O=C(OC[C@H]1CCC[C@H]2c3cc(Cl)ccc3S(=O)(=O)N12)N1CCCC(N2CCC(O)CC2)C1. The highest BCUT2D eigenvalue weighted by molar-refractivity contribution is 7.89. The van der Waals surface area contributed by atoms with Crippen LogP contribution in [0.15, 0.2) is 23.1 Å². The largest absolute Gasteiger partial charge is 0.448 e. The van der Waals surface area contributed by atoms with Gasteiger partial charge in [-0.1, -0.05) is 11.6 Å². The average molecular weight is 498 g/mol. The number of benzene rings is 1. The summed E-state index contributed by atoms with van der Waals surface area (Å²) in [6.45, 7) is 3.05. The van der Waals surface area contributed by atoms with Crippen molar-refractivity contribution < 1.29 is 23.1 Å². The molecular formula is C23H32ClN3O5S. The lowest BCUT2D eigenvalue weighted by atomic mass is 9.94. The summed E-state index contributed by atoms with van der Waals surface area (Å²) in [6, 6.07) is 4.63. The van der Waals surface area contributed by atoms with E-state index in [1.807, 2.05) is 0 Å². The minimum atomic E-state index is -3.63. The molecule has 10 heteroatoms. The van der Waals surface area contributed by atoms with Crippen molar-refractivity contribution in [1.82, 2.24) is 14.1 Å². The molecule has 0 aromatic heterocycles. The normalized spacial score (nSPS) is 30.6. The van der Waals surface area contributed by atoms with Crippen LogP contribution in [0.25, 0.3) is 0 Å². The average Bonchev–Trinajstić information content (AvgIpc) is 3.05. The van der Waals surface area contributed by atoms with Gasteiger partial charge in [-0.05, 0) is 68.7 Å². The van der Waals surface area contributed by atoms with E-state index in [1.165, 1.54) is 0 Å². The van der Waals surface area contributed by atoms with E-state index in [0.717, 1.165) is 57.2 Å². The number of ether oxygens (including phenoxy) is 1. The molecule has 8 nitrogen and oxygen atoms in total. The Bertz CT molecular complexity index is 998. The number of piperidine rings is 3. The van der Waals surface area contributed by atoms with E-state index in [2.05, 4.69) is 4.90 Å². The number of sulfonamides is 1. The number of nitrogens with zero attached hydrogens (tertiary/aromatic N) is 3. The van der Waals surface area contributed by atoms with E-state index in [-0.39, 0.29) is 36.9 Å². The molecule has 0 saturated carbocycles. The number of amides is 1. The number of rotatable bonds is 3. The van der Waals surface area contributed by atoms with E-state index < -0.39 is 10.0 Å². The molecule has 3 fully saturated rings. The second-order valence-corrected chi connectivity index (χ2v) is 12.0. The van der Waals surface area contributed by atoms with Crippen molar-refractivity contribution >= 4 is 27.7 Å². The molecule has 4 heterocycles. The van der Waals surface area contributed by atoms with Gasteiger partial charge in [-0.25, -0.2) is 13.2 Å². The highest BCUT2D eigenvalue weighted by Crippen LogP contribution is 2.47. The van der Waals surface area contributed by atoms with Crippen LogP contribution in [-0.2, 0) is 14.8 Å². The number of aliphatic hydroxyl groups is 1. The predicted molar refractivity (Wildman–Crippen MR) is 124 cm³/mol. The Hall–Kier alpha value is -1.39. The van der Waals surface area contributed by atoms with Gasteiger partial charge in [-0.2, -0.15) is 4.31 Å². The first-order valence-corrected chi connectivity index (χ1v) is 13.8. The Morgan fingerprint density at radius 3 is 2.67 bits per heavy atom. The molecule has 1 aromatic carbocycles. The molecule has 0 radical (unpaired) electrons. The van der Waals surface area contributed by atoms with Crippen LogP contribution >= 0.6 is 11.6 Å². The van der Waals surface area contributed by atoms with Gasteiger partial charge in [0.25, 0.3) is 0 Å². The zero-order chi connectivity index (χ0) is 23.2. The zero-order valence-electron chi connectivity index (χ0n) is 18.7. The van der Waals surface area contributed by atoms with Crippen molar-refractivity contribution in [2.75, 3.05) is 32.8 Å². The minimum absolute atomic E-state index is 0.0629. The molecule has 3 atom stereocenters. The molecule has 4 aliphatic rings. The van der Waals surface area contributed by atoms with Gasteiger partial charge in [-0.3, -0.25) is 4.90 Å². The summed E-state index contributed by atoms with van der Waals surface area (Å²) in [5, 5.41) is 10.3. The number of fused-ring (bicyclic) bond motifs is 3. The highest BCUT2D eigenvalue weighted by atomic mass is 35.5. The Morgan fingerprint density at radius 2 is 1.88 bits per heavy atom. The summed E-state index contributed by atoms with van der Waals surface area (Å²) in [6.07, 6.45) is 5.22. The summed E-state index contributed by atoms with van der Waals surface area (Å²) in [7, 11) is -3.63. The molecule has 182 valence electrons. The van der Waals surface area contributed by atoms with Gasteiger partial charge in [0.1, 0.15) is 6.61 Å². The van der Waals surface area contributed by atoms with Gasteiger partial charge < -0.3 is 14.7 Å². The maximum atomic E-state index is 13.2. The Kier molecular flexibility index (Phi) is 6.61. The summed E-state index contributed by atoms with van der Waals surface area (Å²) >= 11 is 6.14. The zero-order valence-corrected chi connectivity index (χ0v) is 20.3. The van der Waals surface area contributed by atoms with E-state index in [0.29, 0.717) is 29.4 Å². The van der Waals surface area contributed by atoms with Crippen LogP contribution in [0, 0.1) is 0 Å².